The molecule has 0 atom stereocenters. The van der Waals surface area contributed by atoms with E-state index in [0.717, 1.165) is 6.42 Å². The standard InChI is InChI=1S/C22H45N7O4/c1-2-14-26-18(30)3-7-22(8-4-19(31)27-15-11-23,9-5-20(32)28-16-12-24)10-6-21(33)29-17-13-25/h2-17,23-25H2,1H3,(H,26,30)(H,27,31)(H,28,32)(H,29,33). The summed E-state index contributed by atoms with van der Waals surface area (Å²) in [6.45, 7) is 4.75. The highest BCUT2D eigenvalue weighted by molar-refractivity contribution is 5.78. The van der Waals surface area contributed by atoms with Crippen molar-refractivity contribution in [2.75, 3.05) is 45.8 Å². The second-order valence-electron chi connectivity index (χ2n) is 8.27. The van der Waals surface area contributed by atoms with Gasteiger partial charge in [0.1, 0.15) is 0 Å². The van der Waals surface area contributed by atoms with Crippen molar-refractivity contribution in [3.8, 4) is 0 Å². The van der Waals surface area contributed by atoms with Crippen LogP contribution in [0.25, 0.3) is 0 Å². The minimum absolute atomic E-state index is 0.0750. The fourth-order valence-corrected chi connectivity index (χ4v) is 3.52. The number of carbonyl (C=O) groups excluding carboxylic acids is 4. The van der Waals surface area contributed by atoms with E-state index in [9.17, 15) is 19.2 Å². The maximum Gasteiger partial charge on any atom is 0.220 e. The lowest BCUT2D eigenvalue weighted by atomic mass is 9.71. The van der Waals surface area contributed by atoms with Crippen molar-refractivity contribution in [2.24, 2.45) is 22.6 Å². The van der Waals surface area contributed by atoms with E-state index in [2.05, 4.69) is 21.3 Å². The van der Waals surface area contributed by atoms with E-state index >= 15 is 0 Å². The van der Waals surface area contributed by atoms with E-state index in [1.807, 2.05) is 6.92 Å². The zero-order chi connectivity index (χ0) is 25.0. The van der Waals surface area contributed by atoms with Crippen molar-refractivity contribution in [3.63, 3.8) is 0 Å². The van der Waals surface area contributed by atoms with Gasteiger partial charge in [-0.3, -0.25) is 19.2 Å². The molecule has 0 fully saturated rings. The second-order valence-corrected chi connectivity index (χ2v) is 8.27. The maximum atomic E-state index is 12.3. The normalized spacial score (nSPS) is 11.0. The lowest BCUT2D eigenvalue weighted by Gasteiger charge is -2.34. The molecule has 0 aliphatic rings. The van der Waals surface area contributed by atoms with Crippen molar-refractivity contribution in [1.29, 1.82) is 0 Å². The van der Waals surface area contributed by atoms with Crippen molar-refractivity contribution in [1.82, 2.24) is 21.3 Å². The molecule has 0 saturated heterocycles. The van der Waals surface area contributed by atoms with Gasteiger partial charge in [0.25, 0.3) is 0 Å². The lowest BCUT2D eigenvalue weighted by Crippen LogP contribution is -2.35. The largest absolute Gasteiger partial charge is 0.356 e. The third-order valence-electron chi connectivity index (χ3n) is 5.50. The number of nitrogens with one attached hydrogen (secondary N) is 4. The smallest absolute Gasteiger partial charge is 0.220 e. The molecule has 11 heteroatoms. The molecule has 0 aromatic heterocycles. The van der Waals surface area contributed by atoms with Crippen LogP contribution < -0.4 is 38.5 Å². The summed E-state index contributed by atoms with van der Waals surface area (Å²) >= 11 is 0. The minimum atomic E-state index is -0.524. The number of amides is 4. The number of hydrogen-bond donors (Lipinski definition) is 7. The zero-order valence-electron chi connectivity index (χ0n) is 20.2. The molecule has 0 aliphatic heterocycles. The van der Waals surface area contributed by atoms with Gasteiger partial charge in [-0.25, -0.2) is 0 Å². The van der Waals surface area contributed by atoms with Crippen LogP contribution in [-0.4, -0.2) is 69.4 Å². The molecular formula is C22H45N7O4. The summed E-state index contributed by atoms with van der Waals surface area (Å²) in [7, 11) is 0. The SMILES string of the molecule is CCCNC(=O)CCC(CCC(=O)NCCN)(CCC(=O)NCCN)CCC(=O)NCCN. The van der Waals surface area contributed by atoms with Gasteiger partial charge >= 0.3 is 0 Å². The fourth-order valence-electron chi connectivity index (χ4n) is 3.52. The Balaban J connectivity index is 5.42. The van der Waals surface area contributed by atoms with Crippen molar-refractivity contribution >= 4 is 23.6 Å². The average Bonchev–Trinajstić information content (AvgIpc) is 2.82. The molecule has 0 radical (unpaired) electrons. The fraction of sp³-hybridized carbons (Fsp3) is 0.818. The Hall–Kier alpha value is -2.24. The Labute approximate surface area is 197 Å². The molecule has 0 aromatic carbocycles. The van der Waals surface area contributed by atoms with Crippen LogP contribution in [0.2, 0.25) is 0 Å². The van der Waals surface area contributed by atoms with E-state index in [-0.39, 0.29) is 49.3 Å². The van der Waals surface area contributed by atoms with E-state index in [0.29, 0.717) is 71.5 Å². The van der Waals surface area contributed by atoms with Crippen LogP contribution in [0.4, 0.5) is 0 Å². The summed E-state index contributed by atoms with van der Waals surface area (Å²) in [6.07, 6.45) is 3.62. The Morgan fingerprint density at radius 3 is 1.06 bits per heavy atom. The van der Waals surface area contributed by atoms with Gasteiger partial charge in [-0.2, -0.15) is 0 Å². The minimum Gasteiger partial charge on any atom is -0.356 e. The Morgan fingerprint density at radius 1 is 0.545 bits per heavy atom. The van der Waals surface area contributed by atoms with E-state index < -0.39 is 5.41 Å². The van der Waals surface area contributed by atoms with Gasteiger partial charge in [0.05, 0.1) is 0 Å². The third kappa shape index (κ3) is 16.1. The van der Waals surface area contributed by atoms with Crippen molar-refractivity contribution in [3.05, 3.63) is 0 Å². The molecule has 0 bridgehead atoms. The molecular weight excluding hydrogens is 426 g/mol. The number of nitrogens with two attached hydrogens (primary N) is 3. The zero-order valence-corrected chi connectivity index (χ0v) is 20.2. The van der Waals surface area contributed by atoms with E-state index in [1.165, 1.54) is 0 Å². The van der Waals surface area contributed by atoms with Gasteiger partial charge in [0.15, 0.2) is 0 Å². The summed E-state index contributed by atoms with van der Waals surface area (Å²) < 4.78 is 0. The van der Waals surface area contributed by atoms with Crippen LogP contribution in [-0.2, 0) is 19.2 Å². The number of carbonyl (C=O) groups is 4. The molecule has 4 amide bonds. The molecule has 10 N–H and O–H groups in total. The van der Waals surface area contributed by atoms with Crippen LogP contribution in [0.1, 0.15) is 64.7 Å². The summed E-state index contributed by atoms with van der Waals surface area (Å²) in [5, 5.41) is 11.1. The summed E-state index contributed by atoms with van der Waals surface area (Å²) in [5.74, 6) is -0.491. The van der Waals surface area contributed by atoms with E-state index in [1.54, 1.807) is 0 Å². The van der Waals surface area contributed by atoms with Gasteiger partial charge in [0.2, 0.25) is 23.6 Å². The molecule has 0 saturated carbocycles. The lowest BCUT2D eigenvalue weighted by molar-refractivity contribution is -0.122. The maximum absolute atomic E-state index is 12.3. The predicted molar refractivity (Wildman–Crippen MR) is 129 cm³/mol. The highest BCUT2D eigenvalue weighted by Gasteiger charge is 2.32. The van der Waals surface area contributed by atoms with Crippen molar-refractivity contribution < 1.29 is 19.2 Å². The monoisotopic (exact) mass is 471 g/mol. The molecule has 11 nitrogen and oxygen atoms in total. The molecule has 0 unspecified atom stereocenters. The highest BCUT2D eigenvalue weighted by Crippen LogP contribution is 2.40. The first-order valence-corrected chi connectivity index (χ1v) is 12.0. The molecule has 0 heterocycles. The van der Waals surface area contributed by atoms with Crippen LogP contribution in [0.3, 0.4) is 0 Å². The van der Waals surface area contributed by atoms with Crippen LogP contribution >= 0.6 is 0 Å². The predicted octanol–water partition coefficient (Wildman–Crippen LogP) is -1.16. The van der Waals surface area contributed by atoms with Crippen LogP contribution in [0, 0.1) is 5.41 Å². The number of hydrogen-bond acceptors (Lipinski definition) is 7. The first-order chi connectivity index (χ1) is 15.8. The van der Waals surface area contributed by atoms with Gasteiger partial charge in [-0.05, 0) is 37.5 Å². The summed E-state index contributed by atoms with van der Waals surface area (Å²) in [4.78, 5) is 49.1. The van der Waals surface area contributed by atoms with Gasteiger partial charge in [0, 0.05) is 71.5 Å². The second kappa shape index (κ2) is 19.2. The molecule has 0 rings (SSSR count). The number of rotatable bonds is 20. The first kappa shape index (κ1) is 30.8. The molecule has 33 heavy (non-hydrogen) atoms. The Morgan fingerprint density at radius 2 is 0.818 bits per heavy atom. The van der Waals surface area contributed by atoms with Crippen molar-refractivity contribution in [2.45, 2.75) is 64.7 Å². The average molecular weight is 472 g/mol. The van der Waals surface area contributed by atoms with Crippen LogP contribution in [0.5, 0.6) is 0 Å². The highest BCUT2D eigenvalue weighted by atomic mass is 16.2. The molecule has 192 valence electrons. The van der Waals surface area contributed by atoms with E-state index in [4.69, 9.17) is 17.2 Å². The topological polar surface area (TPSA) is 194 Å². The first-order valence-electron chi connectivity index (χ1n) is 12.0. The van der Waals surface area contributed by atoms with Gasteiger partial charge in [-0.15, -0.1) is 0 Å². The molecule has 0 aliphatic carbocycles. The van der Waals surface area contributed by atoms with Gasteiger partial charge < -0.3 is 38.5 Å². The van der Waals surface area contributed by atoms with Gasteiger partial charge in [-0.1, -0.05) is 6.92 Å². The quantitative estimate of drug-likeness (QED) is 0.116. The Kier molecular flexibility index (Phi) is 17.9. The summed E-state index contributed by atoms with van der Waals surface area (Å²) in [6, 6.07) is 0. The summed E-state index contributed by atoms with van der Waals surface area (Å²) in [5.41, 5.74) is 15.8. The molecule has 0 spiro atoms. The van der Waals surface area contributed by atoms with Crippen LogP contribution in [0.15, 0.2) is 0 Å². The third-order valence-corrected chi connectivity index (χ3v) is 5.50. The molecule has 0 aromatic rings. The Bertz CT molecular complexity index is 486.